The summed E-state index contributed by atoms with van der Waals surface area (Å²) in [7, 11) is 1.51. The molecule has 0 spiro atoms. The lowest BCUT2D eigenvalue weighted by molar-refractivity contribution is 0.0962. The lowest BCUT2D eigenvalue weighted by atomic mass is 9.98. The predicted octanol–water partition coefficient (Wildman–Crippen LogP) is 6.61. The van der Waals surface area contributed by atoms with Gasteiger partial charge in [0, 0.05) is 35.8 Å². The molecule has 0 atom stereocenters. The lowest BCUT2D eigenvalue weighted by Gasteiger charge is -2.21. The molecule has 1 saturated carbocycles. The van der Waals surface area contributed by atoms with Gasteiger partial charge in [-0.3, -0.25) is 14.5 Å². The van der Waals surface area contributed by atoms with Gasteiger partial charge in [-0.2, -0.15) is 0 Å². The van der Waals surface area contributed by atoms with Crippen LogP contribution in [0.4, 0.5) is 14.6 Å². The minimum atomic E-state index is -0.557. The summed E-state index contributed by atoms with van der Waals surface area (Å²) in [5.41, 5.74) is 2.55. The van der Waals surface area contributed by atoms with Crippen LogP contribution in [0.5, 0.6) is 0 Å². The van der Waals surface area contributed by atoms with Crippen molar-refractivity contribution in [2.24, 2.45) is 0 Å². The van der Waals surface area contributed by atoms with Crippen molar-refractivity contribution in [3.63, 3.8) is 0 Å². The minimum Gasteiger partial charge on any atom is -0.455 e. The monoisotopic (exact) mass is 523 g/mol. The average Bonchev–Trinajstić information content (AvgIpc) is 3.71. The number of hydrogen-bond acceptors (Lipinski definition) is 4. The average molecular weight is 524 g/mol. The fourth-order valence-electron chi connectivity index (χ4n) is 4.74. The van der Waals surface area contributed by atoms with E-state index >= 15 is 0 Å². The highest BCUT2D eigenvalue weighted by Crippen LogP contribution is 2.37. The van der Waals surface area contributed by atoms with E-state index in [1.807, 2.05) is 6.07 Å². The second-order valence-corrected chi connectivity index (χ2v) is 9.43. The molecule has 8 heteroatoms. The molecule has 6 rings (SSSR count). The van der Waals surface area contributed by atoms with Gasteiger partial charge in [-0.1, -0.05) is 12.1 Å². The number of carbonyl (C=O) groups excluding carboxylic acids is 2. The van der Waals surface area contributed by atoms with Crippen LogP contribution in [0.2, 0.25) is 0 Å². The fraction of sp³-hybridized carbons (Fsp3) is 0.129. The third-order valence-electron chi connectivity index (χ3n) is 6.75. The number of hydrogen-bond donors (Lipinski definition) is 1. The molecule has 0 radical (unpaired) electrons. The second kappa shape index (κ2) is 9.79. The van der Waals surface area contributed by atoms with Crippen LogP contribution in [0.15, 0.2) is 89.5 Å². The SMILES string of the molecule is CNC(=O)c1c(-c2ccc(F)cc2)oc2ccc(-c3cc(F)cc(C(=O)N(c4ccccn4)C4CC4)c3)cc12. The zero-order valence-electron chi connectivity index (χ0n) is 20.9. The van der Waals surface area contributed by atoms with E-state index < -0.39 is 11.6 Å². The van der Waals surface area contributed by atoms with Crippen LogP contribution < -0.4 is 10.2 Å². The molecule has 0 aliphatic heterocycles. The van der Waals surface area contributed by atoms with E-state index in [2.05, 4.69) is 10.3 Å². The predicted molar refractivity (Wildman–Crippen MR) is 144 cm³/mol. The van der Waals surface area contributed by atoms with Crippen molar-refractivity contribution >= 4 is 28.6 Å². The zero-order valence-corrected chi connectivity index (χ0v) is 20.9. The molecule has 2 heterocycles. The Morgan fingerprint density at radius 2 is 1.67 bits per heavy atom. The molecular weight excluding hydrogens is 500 g/mol. The van der Waals surface area contributed by atoms with E-state index in [1.54, 1.807) is 47.5 Å². The van der Waals surface area contributed by atoms with Gasteiger partial charge in [0.25, 0.3) is 11.8 Å². The Labute approximate surface area is 222 Å². The van der Waals surface area contributed by atoms with Crippen LogP contribution in [-0.2, 0) is 0 Å². The Morgan fingerprint density at radius 3 is 2.36 bits per heavy atom. The largest absolute Gasteiger partial charge is 0.455 e. The Kier molecular flexibility index (Phi) is 6.15. The maximum absolute atomic E-state index is 14.9. The van der Waals surface area contributed by atoms with Gasteiger partial charge in [0.15, 0.2) is 0 Å². The number of nitrogens with one attached hydrogen (secondary N) is 1. The van der Waals surface area contributed by atoms with E-state index in [0.717, 1.165) is 12.8 Å². The number of benzene rings is 3. The topological polar surface area (TPSA) is 75.4 Å². The van der Waals surface area contributed by atoms with Gasteiger partial charge in [-0.15, -0.1) is 0 Å². The second-order valence-electron chi connectivity index (χ2n) is 9.43. The highest BCUT2D eigenvalue weighted by atomic mass is 19.1. The van der Waals surface area contributed by atoms with Crippen LogP contribution >= 0.6 is 0 Å². The zero-order chi connectivity index (χ0) is 27.1. The number of amides is 2. The van der Waals surface area contributed by atoms with Crippen LogP contribution in [0.3, 0.4) is 0 Å². The fourth-order valence-corrected chi connectivity index (χ4v) is 4.74. The van der Waals surface area contributed by atoms with Crippen molar-refractivity contribution in [2.45, 2.75) is 18.9 Å². The number of rotatable bonds is 6. The molecule has 6 nitrogen and oxygen atoms in total. The van der Waals surface area contributed by atoms with Gasteiger partial charge >= 0.3 is 0 Å². The summed E-state index contributed by atoms with van der Waals surface area (Å²) < 4.78 is 34.4. The van der Waals surface area contributed by atoms with Crippen molar-refractivity contribution < 1.29 is 22.8 Å². The van der Waals surface area contributed by atoms with E-state index in [1.165, 1.54) is 43.4 Å². The number of nitrogens with zero attached hydrogens (tertiary/aromatic N) is 2. The first-order valence-corrected chi connectivity index (χ1v) is 12.5. The maximum Gasteiger partial charge on any atom is 0.259 e. The molecule has 3 aromatic carbocycles. The maximum atomic E-state index is 14.9. The molecule has 1 aliphatic carbocycles. The standard InChI is InChI=1S/C31H23F2N3O3/c1-34-30(37)28-25-17-19(7-12-26(25)39-29(28)18-5-8-22(32)9-6-18)20-14-21(16-23(33)15-20)31(38)36(24-10-11-24)27-4-2-3-13-35-27/h2-9,12-17,24H,10-11H2,1H3,(H,34,37). The third kappa shape index (κ3) is 4.65. The van der Waals surface area contributed by atoms with Gasteiger partial charge in [0.05, 0.1) is 5.56 Å². The van der Waals surface area contributed by atoms with E-state index in [9.17, 15) is 18.4 Å². The Balaban J connectivity index is 1.44. The first-order valence-electron chi connectivity index (χ1n) is 12.5. The van der Waals surface area contributed by atoms with Gasteiger partial charge in [0.1, 0.15) is 28.8 Å². The molecule has 0 bridgehead atoms. The van der Waals surface area contributed by atoms with E-state index in [-0.39, 0.29) is 29.0 Å². The van der Waals surface area contributed by atoms with E-state index in [0.29, 0.717) is 39.2 Å². The highest BCUT2D eigenvalue weighted by Gasteiger charge is 2.35. The normalized spacial score (nSPS) is 12.9. The van der Waals surface area contributed by atoms with Crippen molar-refractivity contribution in [1.29, 1.82) is 0 Å². The number of fused-ring (bicyclic) bond motifs is 1. The Hall–Kier alpha value is -4.85. The Bertz CT molecular complexity index is 1710. The number of aromatic nitrogens is 1. The highest BCUT2D eigenvalue weighted by molar-refractivity contribution is 6.12. The number of furan rings is 1. The van der Waals surface area contributed by atoms with Gasteiger partial charge in [0.2, 0.25) is 0 Å². The summed E-state index contributed by atoms with van der Waals surface area (Å²) in [6.45, 7) is 0. The molecule has 2 aromatic heterocycles. The summed E-state index contributed by atoms with van der Waals surface area (Å²) in [4.78, 5) is 32.4. The van der Waals surface area contributed by atoms with Crippen molar-refractivity contribution in [3.05, 3.63) is 108 Å². The first-order chi connectivity index (χ1) is 18.9. The smallest absolute Gasteiger partial charge is 0.259 e. The minimum absolute atomic E-state index is 0.0291. The molecule has 39 heavy (non-hydrogen) atoms. The number of halogens is 2. The van der Waals surface area contributed by atoms with E-state index in [4.69, 9.17) is 4.42 Å². The number of anilines is 1. The summed E-state index contributed by atoms with van der Waals surface area (Å²) in [6.07, 6.45) is 3.35. The van der Waals surface area contributed by atoms with Crippen molar-refractivity contribution in [2.75, 3.05) is 11.9 Å². The quantitative estimate of drug-likeness (QED) is 0.272. The number of pyridine rings is 1. The van der Waals surface area contributed by atoms with Gasteiger partial charge < -0.3 is 9.73 Å². The molecule has 1 N–H and O–H groups in total. The molecule has 194 valence electrons. The summed E-state index contributed by atoms with van der Waals surface area (Å²) in [5.74, 6) is -0.843. The number of carbonyl (C=O) groups is 2. The van der Waals surface area contributed by atoms with Gasteiger partial charge in [-0.05, 0) is 90.7 Å². The molecule has 0 unspecified atom stereocenters. The van der Waals surface area contributed by atoms with Crippen molar-refractivity contribution in [3.8, 4) is 22.5 Å². The molecule has 5 aromatic rings. The van der Waals surface area contributed by atoms with Gasteiger partial charge in [-0.25, -0.2) is 13.8 Å². The van der Waals surface area contributed by atoms with Crippen LogP contribution in [-0.4, -0.2) is 29.9 Å². The molecule has 2 amide bonds. The molecular formula is C31H23F2N3O3. The first kappa shape index (κ1) is 24.5. The molecule has 1 fully saturated rings. The molecule has 1 aliphatic rings. The van der Waals surface area contributed by atoms with Crippen molar-refractivity contribution in [1.82, 2.24) is 10.3 Å². The van der Waals surface area contributed by atoms with Crippen LogP contribution in [0, 0.1) is 11.6 Å². The Morgan fingerprint density at radius 1 is 0.897 bits per heavy atom. The third-order valence-corrected chi connectivity index (χ3v) is 6.75. The summed E-state index contributed by atoms with van der Waals surface area (Å²) in [6, 6.07) is 20.4. The van der Waals surface area contributed by atoms with Crippen LogP contribution in [0.25, 0.3) is 33.4 Å². The molecule has 0 saturated heterocycles. The summed E-state index contributed by atoms with van der Waals surface area (Å²) >= 11 is 0. The summed E-state index contributed by atoms with van der Waals surface area (Å²) in [5, 5.41) is 3.14. The lowest BCUT2D eigenvalue weighted by Crippen LogP contribution is -2.33. The van der Waals surface area contributed by atoms with Crippen LogP contribution in [0.1, 0.15) is 33.6 Å².